The number of hydrogen-bond donors (Lipinski definition) is 4. The lowest BCUT2D eigenvalue weighted by molar-refractivity contribution is -0.132. The average Bonchev–Trinajstić information content (AvgIpc) is 2.61. The van der Waals surface area contributed by atoms with Crippen LogP contribution in [0.5, 0.6) is 0 Å². The monoisotopic (exact) mass is 369 g/mol. The number of hydrazine groups is 1. The number of aryl methyl sites for hydroxylation is 1. The Morgan fingerprint density at radius 1 is 1.00 bits per heavy atom. The zero-order chi connectivity index (χ0) is 20.3. The van der Waals surface area contributed by atoms with Gasteiger partial charge in [0.05, 0.1) is 16.9 Å². The number of benzene rings is 2. The third kappa shape index (κ3) is 4.45. The number of rotatable bonds is 6. The predicted octanol–water partition coefficient (Wildman–Crippen LogP) is 2.95. The second kappa shape index (κ2) is 7.92. The van der Waals surface area contributed by atoms with Crippen molar-refractivity contribution in [2.75, 3.05) is 5.01 Å². The number of aliphatic carboxylic acids is 1. The van der Waals surface area contributed by atoms with Gasteiger partial charge in [-0.15, -0.1) is 0 Å². The molecular formula is C20H23N3O4. The first kappa shape index (κ1) is 20.0. The molecule has 2 rings (SSSR count). The second-order valence-electron chi connectivity index (χ2n) is 6.57. The number of carboxylic acid groups (broad SMARTS) is 2. The van der Waals surface area contributed by atoms with E-state index in [1.165, 1.54) is 6.07 Å². The van der Waals surface area contributed by atoms with Gasteiger partial charge in [0.25, 0.3) is 0 Å². The van der Waals surface area contributed by atoms with E-state index < -0.39 is 11.9 Å². The Kier molecular flexibility index (Phi) is 5.87. The topological polar surface area (TPSA) is 130 Å². The number of carboxylic acids is 2. The molecule has 0 spiro atoms. The summed E-state index contributed by atoms with van der Waals surface area (Å²) in [5.41, 5.74) is 8.43. The molecule has 2 aromatic carbocycles. The molecule has 7 nitrogen and oxygen atoms in total. The van der Waals surface area contributed by atoms with Gasteiger partial charge in [-0.3, -0.25) is 5.01 Å². The van der Waals surface area contributed by atoms with Gasteiger partial charge in [-0.25, -0.2) is 15.4 Å². The molecule has 142 valence electrons. The standard InChI is InChI=1S/C20H23N3O4/c1-11(2)18(17(21)20(26)27)23(22)16-9-14(8-15(10-16)19(24)25)13-6-4-12(3)5-7-13/h4-11H,21-22H2,1-3H3,(H,24,25)(H,26,27)/b18-17-. The normalized spacial score (nSPS) is 11.9. The van der Waals surface area contributed by atoms with Crippen LogP contribution in [0.15, 0.2) is 53.9 Å². The van der Waals surface area contributed by atoms with Crippen molar-refractivity contribution < 1.29 is 19.8 Å². The first-order chi connectivity index (χ1) is 12.6. The van der Waals surface area contributed by atoms with Crippen LogP contribution >= 0.6 is 0 Å². The van der Waals surface area contributed by atoms with E-state index in [9.17, 15) is 19.8 Å². The van der Waals surface area contributed by atoms with E-state index in [2.05, 4.69) is 0 Å². The van der Waals surface area contributed by atoms with Gasteiger partial charge < -0.3 is 15.9 Å². The fraction of sp³-hybridized carbons (Fsp3) is 0.200. The van der Waals surface area contributed by atoms with Gasteiger partial charge in [0, 0.05) is 0 Å². The zero-order valence-corrected chi connectivity index (χ0v) is 15.4. The van der Waals surface area contributed by atoms with E-state index >= 15 is 0 Å². The lowest BCUT2D eigenvalue weighted by Crippen LogP contribution is -2.36. The highest BCUT2D eigenvalue weighted by Crippen LogP contribution is 2.30. The van der Waals surface area contributed by atoms with Crippen molar-refractivity contribution in [2.24, 2.45) is 17.5 Å². The molecule has 0 saturated heterocycles. The summed E-state index contributed by atoms with van der Waals surface area (Å²) in [6.07, 6.45) is 0. The van der Waals surface area contributed by atoms with E-state index in [4.69, 9.17) is 11.6 Å². The number of carbonyl (C=O) groups is 2. The minimum atomic E-state index is -1.29. The van der Waals surface area contributed by atoms with Crippen LogP contribution in [0.1, 0.15) is 29.8 Å². The Bertz CT molecular complexity index is 902. The molecule has 0 atom stereocenters. The van der Waals surface area contributed by atoms with Crippen molar-refractivity contribution >= 4 is 17.6 Å². The maximum absolute atomic E-state index is 11.6. The van der Waals surface area contributed by atoms with Crippen molar-refractivity contribution in [2.45, 2.75) is 20.8 Å². The van der Waals surface area contributed by atoms with Crippen molar-refractivity contribution in [3.05, 3.63) is 65.0 Å². The van der Waals surface area contributed by atoms with Crippen LogP contribution in [0.3, 0.4) is 0 Å². The minimum absolute atomic E-state index is 0.0375. The molecule has 0 bridgehead atoms. The van der Waals surface area contributed by atoms with E-state index in [1.807, 2.05) is 31.2 Å². The third-order valence-corrected chi connectivity index (χ3v) is 4.14. The lowest BCUT2D eigenvalue weighted by Gasteiger charge is -2.26. The number of anilines is 1. The number of aromatic carboxylic acids is 1. The van der Waals surface area contributed by atoms with Gasteiger partial charge in [-0.1, -0.05) is 43.7 Å². The molecule has 0 aliphatic heterocycles. The summed E-state index contributed by atoms with van der Waals surface area (Å²) < 4.78 is 0. The Morgan fingerprint density at radius 2 is 1.59 bits per heavy atom. The molecule has 6 N–H and O–H groups in total. The quantitative estimate of drug-likeness (QED) is 0.350. The van der Waals surface area contributed by atoms with Crippen molar-refractivity contribution in [1.29, 1.82) is 0 Å². The molecule has 0 saturated carbocycles. The largest absolute Gasteiger partial charge is 0.478 e. The molecule has 2 aromatic rings. The average molecular weight is 369 g/mol. The predicted molar refractivity (Wildman–Crippen MR) is 104 cm³/mol. The maximum Gasteiger partial charge on any atom is 0.353 e. The summed E-state index contributed by atoms with van der Waals surface area (Å²) in [4.78, 5) is 22.9. The molecule has 0 radical (unpaired) electrons. The second-order valence-corrected chi connectivity index (χ2v) is 6.57. The first-order valence-electron chi connectivity index (χ1n) is 8.35. The van der Waals surface area contributed by atoms with Gasteiger partial charge in [-0.2, -0.15) is 0 Å². The maximum atomic E-state index is 11.6. The molecule has 0 fully saturated rings. The molecule has 27 heavy (non-hydrogen) atoms. The van der Waals surface area contributed by atoms with E-state index in [1.54, 1.807) is 26.0 Å². The Balaban J connectivity index is 2.65. The van der Waals surface area contributed by atoms with Gasteiger partial charge in [0.15, 0.2) is 0 Å². The molecule has 0 unspecified atom stereocenters. The van der Waals surface area contributed by atoms with Crippen LogP contribution in [0.4, 0.5) is 5.69 Å². The van der Waals surface area contributed by atoms with Crippen molar-refractivity contribution in [3.63, 3.8) is 0 Å². The van der Waals surface area contributed by atoms with Crippen molar-refractivity contribution in [3.8, 4) is 11.1 Å². The number of hydrogen-bond acceptors (Lipinski definition) is 5. The molecule has 0 aromatic heterocycles. The van der Waals surface area contributed by atoms with Gasteiger partial charge in [0.2, 0.25) is 0 Å². The number of nitrogens with zero attached hydrogens (tertiary/aromatic N) is 1. The number of nitrogens with two attached hydrogens (primary N) is 2. The van der Waals surface area contributed by atoms with Crippen LogP contribution in [-0.4, -0.2) is 22.2 Å². The lowest BCUT2D eigenvalue weighted by atomic mass is 10.00. The SMILES string of the molecule is Cc1ccc(-c2cc(C(=O)O)cc(N(N)/C(=C(\N)C(=O)O)C(C)C)c2)cc1. The molecule has 7 heteroatoms. The van der Waals surface area contributed by atoms with Crippen LogP contribution in [0, 0.1) is 12.8 Å². The zero-order valence-electron chi connectivity index (χ0n) is 15.4. The summed E-state index contributed by atoms with van der Waals surface area (Å²) in [5, 5.41) is 19.8. The van der Waals surface area contributed by atoms with Gasteiger partial charge in [0.1, 0.15) is 5.70 Å². The van der Waals surface area contributed by atoms with Gasteiger partial charge in [-0.05, 0) is 42.2 Å². The van der Waals surface area contributed by atoms with Crippen LogP contribution in [0.2, 0.25) is 0 Å². The summed E-state index contributed by atoms with van der Waals surface area (Å²) >= 11 is 0. The van der Waals surface area contributed by atoms with Crippen LogP contribution < -0.4 is 16.6 Å². The highest BCUT2D eigenvalue weighted by Gasteiger charge is 2.21. The van der Waals surface area contributed by atoms with E-state index in [0.29, 0.717) is 11.3 Å². The Labute approximate surface area is 157 Å². The van der Waals surface area contributed by atoms with Crippen LogP contribution in [-0.2, 0) is 4.79 Å². The molecular weight excluding hydrogens is 346 g/mol. The highest BCUT2D eigenvalue weighted by molar-refractivity contribution is 5.92. The summed E-state index contributed by atoms with van der Waals surface area (Å²) in [6, 6.07) is 12.2. The fourth-order valence-corrected chi connectivity index (χ4v) is 2.75. The van der Waals surface area contributed by atoms with Gasteiger partial charge >= 0.3 is 11.9 Å². The smallest absolute Gasteiger partial charge is 0.353 e. The Hall–Kier alpha value is -3.32. The van der Waals surface area contributed by atoms with E-state index in [-0.39, 0.29) is 22.9 Å². The third-order valence-electron chi connectivity index (χ3n) is 4.14. The molecule has 0 aliphatic carbocycles. The fourth-order valence-electron chi connectivity index (χ4n) is 2.75. The molecule has 0 heterocycles. The van der Waals surface area contributed by atoms with Crippen molar-refractivity contribution in [1.82, 2.24) is 0 Å². The summed E-state index contributed by atoms with van der Waals surface area (Å²) in [7, 11) is 0. The molecule has 0 amide bonds. The first-order valence-corrected chi connectivity index (χ1v) is 8.35. The van der Waals surface area contributed by atoms with Crippen LogP contribution in [0.25, 0.3) is 11.1 Å². The number of allylic oxidation sites excluding steroid dienone is 1. The van der Waals surface area contributed by atoms with E-state index in [0.717, 1.165) is 16.1 Å². The highest BCUT2D eigenvalue weighted by atomic mass is 16.4. The summed E-state index contributed by atoms with van der Waals surface area (Å²) in [5.74, 6) is 3.47. The summed E-state index contributed by atoms with van der Waals surface area (Å²) in [6.45, 7) is 5.47. The molecule has 0 aliphatic rings. The minimum Gasteiger partial charge on any atom is -0.478 e. The Morgan fingerprint density at radius 3 is 2.07 bits per heavy atom.